The Balaban J connectivity index is 1.55. The summed E-state index contributed by atoms with van der Waals surface area (Å²) in [7, 11) is 1.92. The Labute approximate surface area is 171 Å². The number of hydrogen-bond acceptors (Lipinski definition) is 5. The predicted molar refractivity (Wildman–Crippen MR) is 112 cm³/mol. The first kappa shape index (κ1) is 20.5. The SMILES string of the molecule is CN1/C(=C\C(=O)COC(=O)CCC(=O)c2ccccc2)C(C)(C)c2ccccc21. The van der Waals surface area contributed by atoms with Crippen molar-refractivity contribution < 1.29 is 19.1 Å². The van der Waals surface area contributed by atoms with Gasteiger partial charge in [0.25, 0.3) is 0 Å². The molecule has 2 aromatic rings. The average Bonchev–Trinajstić information content (AvgIpc) is 2.92. The molecule has 29 heavy (non-hydrogen) atoms. The molecule has 1 heterocycles. The lowest BCUT2D eigenvalue weighted by Gasteiger charge is -2.23. The second kappa shape index (κ2) is 8.43. The van der Waals surface area contributed by atoms with Crippen LogP contribution in [0.15, 0.2) is 66.4 Å². The Morgan fingerprint density at radius 3 is 2.31 bits per heavy atom. The highest BCUT2D eigenvalue weighted by Crippen LogP contribution is 2.46. The quantitative estimate of drug-likeness (QED) is 0.404. The van der Waals surface area contributed by atoms with Crippen LogP contribution in [0.1, 0.15) is 42.6 Å². The van der Waals surface area contributed by atoms with Gasteiger partial charge in [-0.05, 0) is 11.6 Å². The number of fused-ring (bicyclic) bond motifs is 1. The molecular formula is C24H25NO4. The Hall–Kier alpha value is -3.21. The summed E-state index contributed by atoms with van der Waals surface area (Å²) in [4.78, 5) is 38.4. The smallest absolute Gasteiger partial charge is 0.306 e. The Morgan fingerprint density at radius 2 is 1.62 bits per heavy atom. The topological polar surface area (TPSA) is 63.7 Å². The van der Waals surface area contributed by atoms with Crippen molar-refractivity contribution in [2.45, 2.75) is 32.1 Å². The first-order chi connectivity index (χ1) is 13.8. The van der Waals surface area contributed by atoms with Crippen LogP contribution in [-0.2, 0) is 19.7 Å². The van der Waals surface area contributed by atoms with Gasteiger partial charge in [0.05, 0.1) is 6.42 Å². The van der Waals surface area contributed by atoms with Gasteiger partial charge >= 0.3 is 5.97 Å². The molecule has 0 N–H and O–H groups in total. The van der Waals surface area contributed by atoms with Crippen molar-refractivity contribution in [2.75, 3.05) is 18.6 Å². The zero-order chi connectivity index (χ0) is 21.0. The van der Waals surface area contributed by atoms with E-state index in [1.165, 1.54) is 0 Å². The van der Waals surface area contributed by atoms with Gasteiger partial charge in [-0.25, -0.2) is 0 Å². The molecule has 0 bridgehead atoms. The van der Waals surface area contributed by atoms with Gasteiger partial charge in [-0.2, -0.15) is 0 Å². The molecule has 0 saturated carbocycles. The molecule has 0 aromatic heterocycles. The highest BCUT2D eigenvalue weighted by molar-refractivity contribution is 5.98. The number of benzene rings is 2. The van der Waals surface area contributed by atoms with Crippen molar-refractivity contribution >= 4 is 23.2 Å². The summed E-state index contributed by atoms with van der Waals surface area (Å²) in [6.07, 6.45) is 1.56. The fraction of sp³-hybridized carbons (Fsp3) is 0.292. The maximum Gasteiger partial charge on any atom is 0.306 e. The molecule has 1 aliphatic rings. The minimum atomic E-state index is -0.552. The van der Waals surface area contributed by atoms with E-state index in [0.29, 0.717) is 5.56 Å². The second-order valence-electron chi connectivity index (χ2n) is 7.65. The van der Waals surface area contributed by atoms with Crippen LogP contribution in [0.25, 0.3) is 0 Å². The van der Waals surface area contributed by atoms with E-state index in [4.69, 9.17) is 4.74 Å². The maximum absolute atomic E-state index is 12.4. The average molecular weight is 391 g/mol. The van der Waals surface area contributed by atoms with Crippen molar-refractivity contribution in [3.8, 4) is 0 Å². The third-order valence-electron chi connectivity index (χ3n) is 5.27. The molecule has 5 heteroatoms. The van der Waals surface area contributed by atoms with E-state index in [-0.39, 0.29) is 36.4 Å². The van der Waals surface area contributed by atoms with Gasteiger partial charge in [0.15, 0.2) is 18.2 Å². The third-order valence-corrected chi connectivity index (χ3v) is 5.27. The van der Waals surface area contributed by atoms with Gasteiger partial charge in [0, 0.05) is 41.9 Å². The van der Waals surface area contributed by atoms with Crippen LogP contribution < -0.4 is 4.90 Å². The number of ketones is 2. The molecule has 0 atom stereocenters. The fourth-order valence-electron chi connectivity index (χ4n) is 3.66. The number of anilines is 1. The van der Waals surface area contributed by atoms with Crippen LogP contribution in [0, 0.1) is 0 Å². The van der Waals surface area contributed by atoms with Crippen molar-refractivity contribution in [2.24, 2.45) is 0 Å². The van der Waals surface area contributed by atoms with Gasteiger partial charge < -0.3 is 9.64 Å². The number of nitrogens with zero attached hydrogens (tertiary/aromatic N) is 1. The van der Waals surface area contributed by atoms with Crippen LogP contribution in [0.4, 0.5) is 5.69 Å². The molecule has 2 aromatic carbocycles. The molecule has 0 saturated heterocycles. The number of para-hydroxylation sites is 1. The summed E-state index contributed by atoms with van der Waals surface area (Å²) in [6, 6.07) is 16.8. The van der Waals surface area contributed by atoms with Crippen LogP contribution in [0.2, 0.25) is 0 Å². The normalized spacial score (nSPS) is 15.8. The standard InChI is InChI=1S/C24H25NO4/c1-24(2)19-11-7-8-12-20(19)25(3)22(24)15-18(26)16-29-23(28)14-13-21(27)17-9-5-4-6-10-17/h4-12,15H,13-14,16H2,1-3H3/b22-15-. The van der Waals surface area contributed by atoms with E-state index >= 15 is 0 Å². The lowest BCUT2D eigenvalue weighted by molar-refractivity contribution is -0.146. The molecule has 0 aliphatic carbocycles. The predicted octanol–water partition coefficient (Wildman–Crippen LogP) is 4.07. The van der Waals surface area contributed by atoms with E-state index in [9.17, 15) is 14.4 Å². The van der Waals surface area contributed by atoms with Crippen LogP contribution in [0.3, 0.4) is 0 Å². The first-order valence-electron chi connectivity index (χ1n) is 9.63. The van der Waals surface area contributed by atoms with Crippen LogP contribution >= 0.6 is 0 Å². The summed E-state index contributed by atoms with van der Waals surface area (Å²) in [5.41, 5.74) is 3.32. The van der Waals surface area contributed by atoms with Gasteiger partial charge in [-0.3, -0.25) is 14.4 Å². The van der Waals surface area contributed by atoms with Gasteiger partial charge in [-0.15, -0.1) is 0 Å². The maximum atomic E-state index is 12.4. The van der Waals surface area contributed by atoms with Crippen LogP contribution in [-0.4, -0.2) is 31.2 Å². The molecule has 5 nitrogen and oxygen atoms in total. The number of allylic oxidation sites excluding steroid dienone is 1. The number of rotatable bonds is 7. The molecule has 150 valence electrons. The lowest BCUT2D eigenvalue weighted by Crippen LogP contribution is -2.25. The summed E-state index contributed by atoms with van der Waals surface area (Å²) in [6.45, 7) is 3.80. The van der Waals surface area contributed by atoms with E-state index in [1.807, 2.05) is 36.2 Å². The minimum absolute atomic E-state index is 0.0472. The number of ether oxygens (including phenoxy) is 1. The number of carbonyl (C=O) groups excluding carboxylic acids is 3. The number of likely N-dealkylation sites (N-methyl/N-ethyl adjacent to an activating group) is 1. The van der Waals surface area contributed by atoms with Gasteiger partial charge in [0.2, 0.25) is 0 Å². The number of Topliss-reactive ketones (excluding diaryl/α,β-unsaturated/α-hetero) is 1. The molecule has 0 fully saturated rings. The zero-order valence-corrected chi connectivity index (χ0v) is 17.0. The van der Waals surface area contributed by atoms with E-state index in [2.05, 4.69) is 19.9 Å². The van der Waals surface area contributed by atoms with Crippen molar-refractivity contribution in [3.63, 3.8) is 0 Å². The van der Waals surface area contributed by atoms with Crippen molar-refractivity contribution in [1.82, 2.24) is 0 Å². The highest BCUT2D eigenvalue weighted by atomic mass is 16.5. The van der Waals surface area contributed by atoms with E-state index in [1.54, 1.807) is 30.3 Å². The number of hydrogen-bond donors (Lipinski definition) is 0. The molecule has 3 rings (SSSR count). The largest absolute Gasteiger partial charge is 0.457 e. The van der Waals surface area contributed by atoms with Gasteiger partial charge in [-0.1, -0.05) is 62.4 Å². The van der Waals surface area contributed by atoms with E-state index < -0.39 is 5.97 Å². The lowest BCUT2D eigenvalue weighted by atomic mass is 9.83. The molecule has 0 spiro atoms. The Bertz CT molecular complexity index is 960. The van der Waals surface area contributed by atoms with Crippen molar-refractivity contribution in [3.05, 3.63) is 77.5 Å². The zero-order valence-electron chi connectivity index (χ0n) is 17.0. The highest BCUT2D eigenvalue weighted by Gasteiger charge is 2.38. The summed E-state index contributed by atoms with van der Waals surface area (Å²) >= 11 is 0. The molecule has 0 unspecified atom stereocenters. The summed E-state index contributed by atoms with van der Waals surface area (Å²) in [5, 5.41) is 0. The molecule has 0 radical (unpaired) electrons. The number of carbonyl (C=O) groups is 3. The molecular weight excluding hydrogens is 366 g/mol. The minimum Gasteiger partial charge on any atom is -0.457 e. The number of esters is 1. The van der Waals surface area contributed by atoms with E-state index in [0.717, 1.165) is 16.9 Å². The monoisotopic (exact) mass is 391 g/mol. The molecule has 1 aliphatic heterocycles. The van der Waals surface area contributed by atoms with Crippen LogP contribution in [0.5, 0.6) is 0 Å². The second-order valence-corrected chi connectivity index (χ2v) is 7.65. The van der Waals surface area contributed by atoms with Crippen molar-refractivity contribution in [1.29, 1.82) is 0 Å². The summed E-state index contributed by atoms with van der Waals surface area (Å²) in [5.74, 6) is -0.957. The fourth-order valence-corrected chi connectivity index (χ4v) is 3.66. The Morgan fingerprint density at radius 1 is 0.966 bits per heavy atom. The third kappa shape index (κ3) is 4.45. The first-order valence-corrected chi connectivity index (χ1v) is 9.63. The summed E-state index contributed by atoms with van der Waals surface area (Å²) < 4.78 is 5.08. The molecule has 0 amide bonds. The van der Waals surface area contributed by atoms with Gasteiger partial charge in [0.1, 0.15) is 0 Å². The Kier molecular flexibility index (Phi) is 5.97.